The monoisotopic (exact) mass is 626 g/mol. The number of rotatable bonds is 4. The van der Waals surface area contributed by atoms with Crippen LogP contribution in [0.25, 0.3) is 0 Å². The lowest BCUT2D eigenvalue weighted by atomic mass is 9.83. The normalized spacial score (nSPS) is 17.7. The van der Waals surface area contributed by atoms with E-state index in [9.17, 15) is 9.90 Å². The number of benzene rings is 1. The minimum atomic E-state index is -0.633. The highest BCUT2D eigenvalue weighted by molar-refractivity contribution is 14.1. The first-order valence-corrected chi connectivity index (χ1v) is 9.84. The molecule has 1 aromatic rings. The lowest BCUT2D eigenvalue weighted by molar-refractivity contribution is -0.139. The van der Waals surface area contributed by atoms with Gasteiger partial charge in [-0.2, -0.15) is 0 Å². The molecule has 1 fully saturated rings. The molecule has 1 aliphatic rings. The maximum Gasteiger partial charge on any atom is 0.238 e. The van der Waals surface area contributed by atoms with Gasteiger partial charge in [-0.1, -0.05) is 13.8 Å². The fourth-order valence-electron chi connectivity index (χ4n) is 2.25. The molecule has 21 heavy (non-hydrogen) atoms. The lowest BCUT2D eigenvalue weighted by Gasteiger charge is -2.48. The van der Waals surface area contributed by atoms with Crippen molar-refractivity contribution in [2.24, 2.45) is 5.92 Å². The topological polar surface area (TPSA) is 52.6 Å². The first-order chi connectivity index (χ1) is 9.71. The number of carbonyl (C=O) groups excluding carboxylic acids is 1. The quantitative estimate of drug-likeness (QED) is 0.506. The van der Waals surface area contributed by atoms with Crippen LogP contribution in [0.5, 0.6) is 0 Å². The Kier molecular flexibility index (Phi) is 6.17. The third-order valence-electron chi connectivity index (χ3n) is 3.71. The summed E-state index contributed by atoms with van der Waals surface area (Å²) < 4.78 is 3.24. The number of halogens is 3. The summed E-state index contributed by atoms with van der Waals surface area (Å²) in [5.74, 6) is 0.188. The smallest absolute Gasteiger partial charge is 0.238 e. The zero-order valence-electron chi connectivity index (χ0n) is 11.8. The number of hydrogen-bond acceptors (Lipinski definition) is 3. The molecule has 0 saturated carbocycles. The van der Waals surface area contributed by atoms with E-state index in [1.54, 1.807) is 0 Å². The molecule has 116 valence electrons. The molecule has 4 nitrogen and oxygen atoms in total. The molecular formula is C14H17I3N2O2. The molecule has 0 atom stereocenters. The van der Waals surface area contributed by atoms with Crippen LogP contribution in [0, 0.1) is 16.6 Å². The van der Waals surface area contributed by atoms with Gasteiger partial charge < -0.3 is 10.4 Å². The number of aliphatic hydroxyl groups is 1. The molecule has 0 aromatic heterocycles. The Labute approximate surface area is 165 Å². The predicted molar refractivity (Wildman–Crippen MR) is 109 cm³/mol. The van der Waals surface area contributed by atoms with Crippen LogP contribution in [0.15, 0.2) is 12.1 Å². The second kappa shape index (κ2) is 7.14. The van der Waals surface area contributed by atoms with Gasteiger partial charge in [-0.3, -0.25) is 9.69 Å². The van der Waals surface area contributed by atoms with Crippen molar-refractivity contribution in [1.29, 1.82) is 0 Å². The van der Waals surface area contributed by atoms with Crippen LogP contribution in [0.1, 0.15) is 13.8 Å². The van der Waals surface area contributed by atoms with Gasteiger partial charge in [0.1, 0.15) is 0 Å². The molecule has 7 heteroatoms. The van der Waals surface area contributed by atoms with E-state index in [2.05, 4.69) is 73.1 Å². The molecule has 1 aliphatic heterocycles. The molecular weight excluding hydrogens is 609 g/mol. The van der Waals surface area contributed by atoms with Crippen LogP contribution in [0.4, 0.5) is 5.69 Å². The lowest BCUT2D eigenvalue weighted by Crippen LogP contribution is -2.65. The van der Waals surface area contributed by atoms with Gasteiger partial charge in [0.2, 0.25) is 5.91 Å². The van der Waals surface area contributed by atoms with Crippen molar-refractivity contribution in [2.45, 2.75) is 19.4 Å². The highest BCUT2D eigenvalue weighted by atomic mass is 127. The van der Waals surface area contributed by atoms with Gasteiger partial charge >= 0.3 is 0 Å². The van der Waals surface area contributed by atoms with E-state index in [1.165, 1.54) is 0 Å². The van der Waals surface area contributed by atoms with Crippen molar-refractivity contribution in [1.82, 2.24) is 4.90 Å². The third-order valence-corrected chi connectivity index (χ3v) is 6.03. The maximum atomic E-state index is 12.1. The fraction of sp³-hybridized carbons (Fsp3) is 0.500. The minimum Gasteiger partial charge on any atom is -0.387 e. The number of amides is 1. The number of likely N-dealkylation sites (tertiary alicyclic amines) is 1. The Hall–Kier alpha value is 0.800. The van der Waals surface area contributed by atoms with Gasteiger partial charge in [0.05, 0.1) is 17.8 Å². The van der Waals surface area contributed by atoms with Gasteiger partial charge in [-0.25, -0.2) is 0 Å². The Bertz CT molecular complexity index is 534. The number of hydrogen-bond donors (Lipinski definition) is 2. The van der Waals surface area contributed by atoms with E-state index in [0.29, 0.717) is 19.6 Å². The molecule has 0 aliphatic carbocycles. The highest BCUT2D eigenvalue weighted by Gasteiger charge is 2.43. The Morgan fingerprint density at radius 1 is 1.33 bits per heavy atom. The average molecular weight is 626 g/mol. The Morgan fingerprint density at radius 2 is 1.86 bits per heavy atom. The van der Waals surface area contributed by atoms with Gasteiger partial charge in [-0.05, 0) is 85.8 Å². The largest absolute Gasteiger partial charge is 0.387 e. The van der Waals surface area contributed by atoms with Gasteiger partial charge in [0.25, 0.3) is 0 Å². The predicted octanol–water partition coefficient (Wildman–Crippen LogP) is 3.14. The Morgan fingerprint density at radius 3 is 2.33 bits per heavy atom. The van der Waals surface area contributed by atoms with Crippen LogP contribution in [0.3, 0.4) is 0 Å². The van der Waals surface area contributed by atoms with Crippen LogP contribution < -0.4 is 5.32 Å². The summed E-state index contributed by atoms with van der Waals surface area (Å²) in [6.45, 7) is 5.48. The van der Waals surface area contributed by atoms with Gasteiger partial charge in [0.15, 0.2) is 0 Å². The van der Waals surface area contributed by atoms with Gasteiger partial charge in [-0.15, -0.1) is 0 Å². The SMILES string of the molecule is CC(C)C1(O)CN(CC(=O)Nc2c(I)cc(I)cc2I)C1. The molecule has 1 saturated heterocycles. The molecule has 1 aromatic carbocycles. The summed E-state index contributed by atoms with van der Waals surface area (Å²) in [6, 6.07) is 4.08. The molecule has 0 radical (unpaired) electrons. The van der Waals surface area contributed by atoms with Crippen LogP contribution >= 0.6 is 67.8 Å². The molecule has 1 heterocycles. The van der Waals surface area contributed by atoms with Crippen molar-refractivity contribution >= 4 is 79.4 Å². The first kappa shape index (κ1) is 18.1. The van der Waals surface area contributed by atoms with E-state index < -0.39 is 5.60 Å². The second-order valence-corrected chi connectivity index (χ2v) is 9.27. The number of carbonyl (C=O) groups is 1. The molecule has 2 N–H and O–H groups in total. The minimum absolute atomic E-state index is 0.0298. The highest BCUT2D eigenvalue weighted by Crippen LogP contribution is 2.29. The molecule has 0 unspecified atom stereocenters. The van der Waals surface area contributed by atoms with Crippen molar-refractivity contribution in [3.63, 3.8) is 0 Å². The fourth-order valence-corrected chi connectivity index (χ4v) is 6.10. The van der Waals surface area contributed by atoms with Crippen molar-refractivity contribution in [3.05, 3.63) is 22.8 Å². The Balaban J connectivity index is 1.92. The van der Waals surface area contributed by atoms with Crippen molar-refractivity contribution in [2.75, 3.05) is 25.0 Å². The van der Waals surface area contributed by atoms with Crippen LogP contribution in [0.2, 0.25) is 0 Å². The third kappa shape index (κ3) is 4.42. The zero-order chi connectivity index (χ0) is 15.8. The van der Waals surface area contributed by atoms with Crippen molar-refractivity contribution in [3.8, 4) is 0 Å². The summed E-state index contributed by atoms with van der Waals surface area (Å²) in [6.07, 6.45) is 0. The molecule has 0 bridgehead atoms. The zero-order valence-corrected chi connectivity index (χ0v) is 18.3. The number of anilines is 1. The van der Waals surface area contributed by atoms with E-state index in [4.69, 9.17) is 0 Å². The standard InChI is InChI=1S/C14H17I3N2O2/c1-8(2)14(21)6-19(7-14)5-12(20)18-13-10(16)3-9(15)4-11(13)17/h3-4,8,21H,5-7H2,1-2H3,(H,18,20). The summed E-state index contributed by atoms with van der Waals surface area (Å²) in [7, 11) is 0. The number of β-amino-alcohol motifs (C(OH)–C–C–N with tert-alkyl or cyclic N) is 1. The first-order valence-electron chi connectivity index (χ1n) is 6.60. The number of nitrogens with one attached hydrogen (secondary N) is 1. The van der Waals surface area contributed by atoms with E-state index in [1.807, 2.05) is 30.9 Å². The summed E-state index contributed by atoms with van der Waals surface area (Å²) in [5, 5.41) is 13.2. The van der Waals surface area contributed by atoms with E-state index >= 15 is 0 Å². The summed E-state index contributed by atoms with van der Waals surface area (Å²) in [4.78, 5) is 14.1. The molecule has 0 spiro atoms. The van der Waals surface area contributed by atoms with Gasteiger partial charge in [0, 0.05) is 23.8 Å². The summed E-state index contributed by atoms with van der Waals surface area (Å²) in [5.41, 5.74) is 0.243. The molecule has 1 amide bonds. The second-order valence-electron chi connectivity index (χ2n) is 5.70. The van der Waals surface area contributed by atoms with Crippen LogP contribution in [-0.2, 0) is 4.79 Å². The van der Waals surface area contributed by atoms with Crippen molar-refractivity contribution < 1.29 is 9.90 Å². The number of nitrogens with zero attached hydrogens (tertiary/aromatic N) is 1. The van der Waals surface area contributed by atoms with Crippen LogP contribution in [-0.4, -0.2) is 41.1 Å². The van der Waals surface area contributed by atoms with E-state index in [0.717, 1.165) is 16.4 Å². The molecule has 2 rings (SSSR count). The summed E-state index contributed by atoms with van der Waals surface area (Å²) >= 11 is 6.74. The van der Waals surface area contributed by atoms with E-state index in [-0.39, 0.29) is 11.8 Å². The maximum absolute atomic E-state index is 12.1. The average Bonchev–Trinajstić information content (AvgIpc) is 2.31.